The maximum absolute atomic E-state index is 14.4. The van der Waals surface area contributed by atoms with Gasteiger partial charge in [-0.15, -0.1) is 0 Å². The van der Waals surface area contributed by atoms with Crippen molar-refractivity contribution in [1.29, 1.82) is 5.26 Å². The van der Waals surface area contributed by atoms with Gasteiger partial charge in [0.1, 0.15) is 30.5 Å². The van der Waals surface area contributed by atoms with Crippen molar-refractivity contribution in [2.24, 2.45) is 0 Å². The van der Waals surface area contributed by atoms with Crippen LogP contribution >= 0.6 is 11.6 Å². The van der Waals surface area contributed by atoms with Crippen LogP contribution in [-0.4, -0.2) is 29.2 Å². The smallest absolute Gasteiger partial charge is 0.131 e. The lowest BCUT2D eigenvalue weighted by Gasteiger charge is -2.19. The van der Waals surface area contributed by atoms with Crippen molar-refractivity contribution in [2.75, 3.05) is 13.1 Å². The van der Waals surface area contributed by atoms with Crippen molar-refractivity contribution in [1.82, 2.24) is 4.90 Å². The standard InChI is InChI=1S/C32H28ClFN2O3/c33-32-25(7-4-9-29(32)28-8-1-2-10-30(28)34)21-38-27-12-11-24(18-36-14-13-26(37)19-36)31(16-27)39-20-23-6-3-5-22(15-23)17-35/h1-12,15-16,26,37H,13-14,18-21H2. The lowest BCUT2D eigenvalue weighted by Crippen LogP contribution is -2.21. The van der Waals surface area contributed by atoms with Gasteiger partial charge in [-0.05, 0) is 36.2 Å². The summed E-state index contributed by atoms with van der Waals surface area (Å²) in [7, 11) is 0. The number of aliphatic hydroxyl groups excluding tert-OH is 1. The molecule has 1 heterocycles. The van der Waals surface area contributed by atoms with Crippen LogP contribution in [0.25, 0.3) is 11.1 Å². The van der Waals surface area contributed by atoms with Crippen molar-refractivity contribution in [3.63, 3.8) is 0 Å². The van der Waals surface area contributed by atoms with E-state index in [0.29, 0.717) is 52.9 Å². The predicted molar refractivity (Wildman–Crippen MR) is 149 cm³/mol. The molecule has 198 valence electrons. The second kappa shape index (κ2) is 12.3. The minimum atomic E-state index is -0.333. The van der Waals surface area contributed by atoms with Crippen LogP contribution in [0.3, 0.4) is 0 Å². The highest BCUT2D eigenvalue weighted by Crippen LogP contribution is 2.34. The Labute approximate surface area is 232 Å². The molecular formula is C32H28ClFN2O3. The number of benzene rings is 4. The molecular weight excluding hydrogens is 515 g/mol. The Morgan fingerprint density at radius 1 is 0.923 bits per heavy atom. The van der Waals surface area contributed by atoms with E-state index in [1.165, 1.54) is 6.07 Å². The van der Waals surface area contributed by atoms with Gasteiger partial charge in [-0.1, -0.05) is 66.2 Å². The molecule has 1 unspecified atom stereocenters. The van der Waals surface area contributed by atoms with Crippen molar-refractivity contribution in [3.05, 3.63) is 118 Å². The van der Waals surface area contributed by atoms with E-state index in [1.54, 1.807) is 36.4 Å². The molecule has 0 aliphatic carbocycles. The third-order valence-electron chi connectivity index (χ3n) is 6.77. The largest absolute Gasteiger partial charge is 0.489 e. The molecule has 5 rings (SSSR count). The molecule has 0 radical (unpaired) electrons. The summed E-state index contributed by atoms with van der Waals surface area (Å²) in [4.78, 5) is 2.19. The summed E-state index contributed by atoms with van der Waals surface area (Å²) >= 11 is 6.67. The Kier molecular flexibility index (Phi) is 8.43. The van der Waals surface area contributed by atoms with Gasteiger partial charge in [0.2, 0.25) is 0 Å². The first-order valence-corrected chi connectivity index (χ1v) is 13.2. The highest BCUT2D eigenvalue weighted by molar-refractivity contribution is 6.34. The van der Waals surface area contributed by atoms with Gasteiger partial charge in [0, 0.05) is 48.0 Å². The van der Waals surface area contributed by atoms with Crippen LogP contribution in [0.4, 0.5) is 4.39 Å². The summed E-state index contributed by atoms with van der Waals surface area (Å²) in [6.07, 6.45) is 0.445. The van der Waals surface area contributed by atoms with Gasteiger partial charge in [0.15, 0.2) is 0 Å². The number of hydrogen-bond acceptors (Lipinski definition) is 5. The van der Waals surface area contributed by atoms with Crippen LogP contribution in [0.15, 0.2) is 84.9 Å². The monoisotopic (exact) mass is 542 g/mol. The van der Waals surface area contributed by atoms with Crippen LogP contribution in [0, 0.1) is 17.1 Å². The zero-order valence-electron chi connectivity index (χ0n) is 21.3. The van der Waals surface area contributed by atoms with E-state index in [1.807, 2.05) is 42.5 Å². The minimum Gasteiger partial charge on any atom is -0.489 e. The SMILES string of the molecule is N#Cc1cccc(COc2cc(OCc3cccc(-c4ccccc4F)c3Cl)ccc2CN2CCC(O)C2)c1. The van der Waals surface area contributed by atoms with E-state index in [4.69, 9.17) is 21.1 Å². The molecule has 1 aliphatic heterocycles. The van der Waals surface area contributed by atoms with E-state index in [-0.39, 0.29) is 18.5 Å². The Bertz CT molecular complexity index is 1500. The first kappa shape index (κ1) is 26.7. The Morgan fingerprint density at radius 2 is 1.74 bits per heavy atom. The quantitative estimate of drug-likeness (QED) is 0.254. The molecule has 0 bridgehead atoms. The number of hydrogen-bond donors (Lipinski definition) is 1. The Balaban J connectivity index is 1.35. The fourth-order valence-electron chi connectivity index (χ4n) is 4.72. The number of β-amino-alcohol motifs (C(OH)–C–C–N with tert-alkyl or cyclic N) is 1. The molecule has 39 heavy (non-hydrogen) atoms. The molecule has 4 aromatic rings. The third-order valence-corrected chi connectivity index (χ3v) is 7.21. The molecule has 7 heteroatoms. The van der Waals surface area contributed by atoms with Crippen LogP contribution in [0.5, 0.6) is 11.5 Å². The van der Waals surface area contributed by atoms with E-state index < -0.39 is 0 Å². The van der Waals surface area contributed by atoms with Crippen molar-refractivity contribution in [3.8, 4) is 28.7 Å². The molecule has 1 fully saturated rings. The first-order valence-electron chi connectivity index (χ1n) is 12.8. The van der Waals surface area contributed by atoms with Gasteiger partial charge in [0.25, 0.3) is 0 Å². The van der Waals surface area contributed by atoms with Crippen LogP contribution < -0.4 is 9.47 Å². The highest BCUT2D eigenvalue weighted by atomic mass is 35.5. The van der Waals surface area contributed by atoms with Crippen LogP contribution in [0.1, 0.15) is 28.7 Å². The van der Waals surface area contributed by atoms with E-state index >= 15 is 0 Å². The molecule has 0 amide bonds. The summed E-state index contributed by atoms with van der Waals surface area (Å²) in [6.45, 7) is 2.58. The number of aliphatic hydroxyl groups is 1. The molecule has 5 nitrogen and oxygen atoms in total. The van der Waals surface area contributed by atoms with Gasteiger partial charge in [0.05, 0.1) is 22.8 Å². The van der Waals surface area contributed by atoms with E-state index in [0.717, 1.165) is 29.7 Å². The van der Waals surface area contributed by atoms with Gasteiger partial charge in [-0.25, -0.2) is 4.39 Å². The molecule has 4 aromatic carbocycles. The molecule has 1 saturated heterocycles. The van der Waals surface area contributed by atoms with Crippen molar-refractivity contribution < 1.29 is 19.0 Å². The maximum Gasteiger partial charge on any atom is 0.131 e. The minimum absolute atomic E-state index is 0.197. The summed E-state index contributed by atoms with van der Waals surface area (Å²) in [5.41, 5.74) is 4.24. The molecule has 1 atom stereocenters. The lowest BCUT2D eigenvalue weighted by atomic mass is 10.0. The second-order valence-electron chi connectivity index (χ2n) is 9.60. The van der Waals surface area contributed by atoms with Crippen molar-refractivity contribution >= 4 is 11.6 Å². The number of halogens is 2. The summed E-state index contributed by atoms with van der Waals surface area (Å²) in [5, 5.41) is 19.6. The fraction of sp³-hybridized carbons (Fsp3) is 0.219. The van der Waals surface area contributed by atoms with Crippen LogP contribution in [-0.2, 0) is 19.8 Å². The zero-order valence-corrected chi connectivity index (χ0v) is 22.1. The molecule has 1 N–H and O–H groups in total. The Hall–Kier alpha value is -3.89. The summed E-state index contributed by atoms with van der Waals surface area (Å²) < 4.78 is 26.7. The van der Waals surface area contributed by atoms with Gasteiger partial charge < -0.3 is 14.6 Å². The summed E-state index contributed by atoms with van der Waals surface area (Å²) in [5.74, 6) is 0.941. The van der Waals surface area contributed by atoms with E-state index in [9.17, 15) is 14.8 Å². The third kappa shape index (κ3) is 6.58. The number of rotatable bonds is 9. The summed E-state index contributed by atoms with van der Waals surface area (Å²) in [6, 6.07) is 27.2. The van der Waals surface area contributed by atoms with Gasteiger partial charge in [-0.2, -0.15) is 5.26 Å². The van der Waals surface area contributed by atoms with Gasteiger partial charge >= 0.3 is 0 Å². The second-order valence-corrected chi connectivity index (χ2v) is 9.97. The zero-order chi connectivity index (χ0) is 27.2. The number of nitriles is 1. The first-order chi connectivity index (χ1) is 19.0. The topological polar surface area (TPSA) is 65.7 Å². The Morgan fingerprint density at radius 3 is 2.54 bits per heavy atom. The predicted octanol–water partition coefficient (Wildman–Crippen LogP) is 6.74. The van der Waals surface area contributed by atoms with Crippen LogP contribution in [0.2, 0.25) is 5.02 Å². The molecule has 0 spiro atoms. The van der Waals surface area contributed by atoms with Gasteiger partial charge in [-0.3, -0.25) is 4.90 Å². The van der Waals surface area contributed by atoms with Crippen molar-refractivity contribution in [2.45, 2.75) is 32.3 Å². The molecule has 1 aliphatic rings. The number of likely N-dealkylation sites (tertiary alicyclic amines) is 1. The normalized spacial score (nSPS) is 15.2. The lowest BCUT2D eigenvalue weighted by molar-refractivity contribution is 0.174. The molecule has 0 aromatic heterocycles. The molecule has 0 saturated carbocycles. The maximum atomic E-state index is 14.4. The average Bonchev–Trinajstić information content (AvgIpc) is 3.37. The average molecular weight is 543 g/mol. The van der Waals surface area contributed by atoms with E-state index in [2.05, 4.69) is 11.0 Å². The fourth-order valence-corrected chi connectivity index (χ4v) is 5.00. The number of nitrogens with zero attached hydrogens (tertiary/aromatic N) is 2. The number of ether oxygens (including phenoxy) is 2. The highest BCUT2D eigenvalue weighted by Gasteiger charge is 2.21.